The first kappa shape index (κ1) is 29.9. The molecule has 0 radical (unpaired) electrons. The fourth-order valence-electron chi connectivity index (χ4n) is 5.33. The molecular formula is C33H40N2O6. The van der Waals surface area contributed by atoms with Crippen molar-refractivity contribution in [3.63, 3.8) is 0 Å². The Morgan fingerprint density at radius 3 is 1.78 bits per heavy atom. The highest BCUT2D eigenvalue weighted by Crippen LogP contribution is 2.38. The first-order valence-corrected chi connectivity index (χ1v) is 14.2. The number of hydrogen-bond acceptors (Lipinski definition) is 7. The summed E-state index contributed by atoms with van der Waals surface area (Å²) in [7, 11) is 4.47. The highest BCUT2D eigenvalue weighted by atomic mass is 16.7. The van der Waals surface area contributed by atoms with E-state index in [0.717, 1.165) is 38.5 Å². The third-order valence-corrected chi connectivity index (χ3v) is 7.47. The summed E-state index contributed by atoms with van der Waals surface area (Å²) in [5, 5.41) is 1.44. The van der Waals surface area contributed by atoms with E-state index in [-0.39, 0.29) is 24.1 Å². The molecule has 3 aromatic carbocycles. The van der Waals surface area contributed by atoms with Crippen LogP contribution >= 0.6 is 0 Å². The minimum absolute atomic E-state index is 0.0179. The number of piperazine rings is 1. The molecule has 1 saturated heterocycles. The fourth-order valence-corrected chi connectivity index (χ4v) is 5.33. The minimum Gasteiger partial charge on any atom is -0.493 e. The normalized spacial score (nSPS) is 13.8. The summed E-state index contributed by atoms with van der Waals surface area (Å²) in [6.07, 6.45) is 5.84. The van der Waals surface area contributed by atoms with Gasteiger partial charge in [0.1, 0.15) is 6.54 Å². The van der Waals surface area contributed by atoms with Gasteiger partial charge in [0.15, 0.2) is 11.5 Å². The number of hydrogen-bond donors (Lipinski definition) is 0. The number of amides is 1. The van der Waals surface area contributed by atoms with Crippen LogP contribution in [0.2, 0.25) is 0 Å². The van der Waals surface area contributed by atoms with Crippen molar-refractivity contribution in [2.45, 2.75) is 44.6 Å². The summed E-state index contributed by atoms with van der Waals surface area (Å²) < 4.78 is 16.0. The molecule has 0 atom stereocenters. The number of aryl methyl sites for hydroxylation is 2. The van der Waals surface area contributed by atoms with Crippen molar-refractivity contribution >= 4 is 11.9 Å². The topological polar surface area (TPSA) is 77.5 Å². The summed E-state index contributed by atoms with van der Waals surface area (Å²) in [6, 6.07) is 24.1. The number of nitrogens with zero attached hydrogens (tertiary/aromatic N) is 2. The molecule has 0 unspecified atom stereocenters. The SMILES string of the molecule is COc1cc(C(=O)ON2CCN(C(CCCc3ccccc3)CCCc3ccccc3)C(=O)C2)cc(OC)c1OC. The lowest BCUT2D eigenvalue weighted by Gasteiger charge is -2.38. The standard InChI is InChI=1S/C33H40N2O6/c1-38-29-22-27(23-30(39-2)32(29)40-3)33(37)41-34-20-21-35(31(36)24-34)28(18-10-16-25-12-6-4-7-13-25)19-11-17-26-14-8-5-9-15-26/h4-9,12-15,22-23,28H,10-11,16-21,24H2,1-3H3. The first-order valence-electron chi connectivity index (χ1n) is 14.2. The molecule has 0 bridgehead atoms. The van der Waals surface area contributed by atoms with Gasteiger partial charge in [-0.2, -0.15) is 0 Å². The number of hydroxylamine groups is 2. The second-order valence-corrected chi connectivity index (χ2v) is 10.2. The molecule has 0 N–H and O–H groups in total. The molecule has 8 heteroatoms. The Balaban J connectivity index is 1.37. The van der Waals surface area contributed by atoms with Gasteiger partial charge in [0, 0.05) is 12.6 Å². The van der Waals surface area contributed by atoms with Crippen molar-refractivity contribution < 1.29 is 28.6 Å². The lowest BCUT2D eigenvalue weighted by molar-refractivity contribution is -0.165. The van der Waals surface area contributed by atoms with Crippen molar-refractivity contribution in [3.05, 3.63) is 89.5 Å². The summed E-state index contributed by atoms with van der Waals surface area (Å²) in [5.74, 6) is 0.481. The second-order valence-electron chi connectivity index (χ2n) is 10.2. The monoisotopic (exact) mass is 560 g/mol. The van der Waals surface area contributed by atoms with Crippen molar-refractivity contribution in [2.24, 2.45) is 0 Å². The van der Waals surface area contributed by atoms with Crippen molar-refractivity contribution in [3.8, 4) is 17.2 Å². The van der Waals surface area contributed by atoms with Gasteiger partial charge in [0.25, 0.3) is 0 Å². The molecule has 1 fully saturated rings. The Hall–Kier alpha value is -4.04. The van der Waals surface area contributed by atoms with Gasteiger partial charge in [-0.05, 0) is 61.8 Å². The zero-order valence-corrected chi connectivity index (χ0v) is 24.2. The van der Waals surface area contributed by atoms with Crippen LogP contribution in [0.15, 0.2) is 72.8 Å². The molecule has 0 aromatic heterocycles. The molecule has 1 aliphatic heterocycles. The van der Waals surface area contributed by atoms with Gasteiger partial charge in [-0.1, -0.05) is 60.7 Å². The van der Waals surface area contributed by atoms with E-state index >= 15 is 0 Å². The van der Waals surface area contributed by atoms with E-state index in [1.807, 2.05) is 17.0 Å². The predicted molar refractivity (Wildman–Crippen MR) is 157 cm³/mol. The van der Waals surface area contributed by atoms with Crippen LogP contribution < -0.4 is 14.2 Å². The molecule has 1 heterocycles. The predicted octanol–water partition coefficient (Wildman–Crippen LogP) is 5.34. The fraction of sp³-hybridized carbons (Fsp3) is 0.394. The van der Waals surface area contributed by atoms with Crippen LogP contribution in [0, 0.1) is 0 Å². The van der Waals surface area contributed by atoms with E-state index in [0.29, 0.717) is 30.3 Å². The van der Waals surface area contributed by atoms with E-state index in [1.165, 1.54) is 49.7 Å². The number of ether oxygens (including phenoxy) is 3. The maximum Gasteiger partial charge on any atom is 0.357 e. The van der Waals surface area contributed by atoms with Gasteiger partial charge in [0.05, 0.1) is 33.4 Å². The molecule has 3 aromatic rings. The molecule has 0 spiro atoms. The molecule has 1 aliphatic rings. The first-order chi connectivity index (χ1) is 20.0. The summed E-state index contributed by atoms with van der Waals surface area (Å²) in [5.41, 5.74) is 2.87. The third-order valence-electron chi connectivity index (χ3n) is 7.47. The highest BCUT2D eigenvalue weighted by molar-refractivity contribution is 5.91. The van der Waals surface area contributed by atoms with E-state index in [4.69, 9.17) is 19.0 Å². The van der Waals surface area contributed by atoms with Gasteiger partial charge in [0.2, 0.25) is 11.7 Å². The summed E-state index contributed by atoms with van der Waals surface area (Å²) >= 11 is 0. The number of benzene rings is 3. The molecule has 218 valence electrons. The average molecular weight is 561 g/mol. The van der Waals surface area contributed by atoms with E-state index in [2.05, 4.69) is 48.5 Å². The van der Waals surface area contributed by atoms with Crippen molar-refractivity contribution in [1.29, 1.82) is 0 Å². The summed E-state index contributed by atoms with van der Waals surface area (Å²) in [6.45, 7) is 0.961. The smallest absolute Gasteiger partial charge is 0.357 e. The molecule has 0 saturated carbocycles. The van der Waals surface area contributed by atoms with Crippen LogP contribution in [0.25, 0.3) is 0 Å². The maximum absolute atomic E-state index is 13.4. The Kier molecular flexibility index (Phi) is 11.0. The number of methoxy groups -OCH3 is 3. The van der Waals surface area contributed by atoms with Gasteiger partial charge in [-0.15, -0.1) is 5.06 Å². The van der Waals surface area contributed by atoms with E-state index in [9.17, 15) is 9.59 Å². The zero-order valence-electron chi connectivity index (χ0n) is 24.2. The lowest BCUT2D eigenvalue weighted by atomic mass is 9.97. The lowest BCUT2D eigenvalue weighted by Crippen LogP contribution is -2.54. The maximum atomic E-state index is 13.4. The Labute approximate surface area is 242 Å². The average Bonchev–Trinajstić information content (AvgIpc) is 3.00. The van der Waals surface area contributed by atoms with E-state index < -0.39 is 5.97 Å². The Morgan fingerprint density at radius 1 is 0.780 bits per heavy atom. The Morgan fingerprint density at radius 2 is 1.32 bits per heavy atom. The highest BCUT2D eigenvalue weighted by Gasteiger charge is 2.31. The molecule has 41 heavy (non-hydrogen) atoms. The molecule has 8 nitrogen and oxygen atoms in total. The van der Waals surface area contributed by atoms with Crippen LogP contribution in [0.1, 0.15) is 47.2 Å². The largest absolute Gasteiger partial charge is 0.493 e. The van der Waals surface area contributed by atoms with E-state index in [1.54, 1.807) is 0 Å². The van der Waals surface area contributed by atoms with Gasteiger partial charge >= 0.3 is 5.97 Å². The Bertz CT molecular complexity index is 1200. The molecule has 4 rings (SSSR count). The third kappa shape index (κ3) is 8.24. The van der Waals surface area contributed by atoms with Crippen LogP contribution in [-0.2, 0) is 22.5 Å². The minimum atomic E-state index is -0.590. The molecular weight excluding hydrogens is 520 g/mol. The number of rotatable bonds is 14. The van der Waals surface area contributed by atoms with Gasteiger partial charge in [-0.3, -0.25) is 4.79 Å². The van der Waals surface area contributed by atoms with Gasteiger partial charge < -0.3 is 23.9 Å². The number of carbonyl (C=O) groups is 2. The molecule has 0 aliphatic carbocycles. The van der Waals surface area contributed by atoms with Crippen LogP contribution in [0.4, 0.5) is 0 Å². The second kappa shape index (κ2) is 15.1. The van der Waals surface area contributed by atoms with Crippen molar-refractivity contribution in [2.75, 3.05) is 41.0 Å². The molecule has 1 amide bonds. The zero-order chi connectivity index (χ0) is 29.0. The van der Waals surface area contributed by atoms with Gasteiger partial charge in [-0.25, -0.2) is 4.79 Å². The van der Waals surface area contributed by atoms with Crippen LogP contribution in [0.5, 0.6) is 17.2 Å². The van der Waals surface area contributed by atoms with Crippen molar-refractivity contribution in [1.82, 2.24) is 9.96 Å². The van der Waals surface area contributed by atoms with Crippen LogP contribution in [0.3, 0.4) is 0 Å². The number of carbonyl (C=O) groups excluding carboxylic acids is 2. The summed E-state index contributed by atoms with van der Waals surface area (Å²) in [4.78, 5) is 33.9. The quantitative estimate of drug-likeness (QED) is 0.263. The van der Waals surface area contributed by atoms with Crippen LogP contribution in [-0.4, -0.2) is 68.8 Å².